The van der Waals surface area contributed by atoms with E-state index in [4.69, 9.17) is 14.2 Å². The highest BCUT2D eigenvalue weighted by Crippen LogP contribution is 2.63. The monoisotopic (exact) mass is 440 g/mol. The Morgan fingerprint density at radius 1 is 1.22 bits per heavy atom. The van der Waals surface area contributed by atoms with Crippen molar-refractivity contribution in [1.29, 1.82) is 0 Å². The first-order valence-corrected chi connectivity index (χ1v) is 10.7. The number of phenolic OH excluding ortho intramolecular Hbond substituents is 1. The fraction of sp³-hybridized carbons (Fsp3) is 0.440. The molecule has 0 radical (unpaired) electrons. The minimum Gasteiger partial charge on any atom is -0.508 e. The van der Waals surface area contributed by atoms with Gasteiger partial charge in [-0.1, -0.05) is 13.0 Å². The molecule has 2 aromatic rings. The van der Waals surface area contributed by atoms with Crippen molar-refractivity contribution < 1.29 is 33.3 Å². The highest BCUT2D eigenvalue weighted by Gasteiger charge is 2.71. The summed E-state index contributed by atoms with van der Waals surface area (Å²) in [6.07, 6.45) is 2.33. The second-order valence-corrected chi connectivity index (χ2v) is 9.51. The highest BCUT2D eigenvalue weighted by atomic mass is 19.1. The van der Waals surface area contributed by atoms with Crippen LogP contribution in [0.1, 0.15) is 45.2 Å². The number of carbonyl (C=O) groups excluding carboxylic acids is 2. The summed E-state index contributed by atoms with van der Waals surface area (Å²) in [6.45, 7) is 6.28. The van der Waals surface area contributed by atoms with Crippen LogP contribution in [0.4, 0.5) is 4.39 Å². The smallest absolute Gasteiger partial charge is 0.303 e. The molecule has 0 amide bonds. The standard InChI is InChI=1S/C25H25FO6/c1-13(27)30-12-21(29)25-22(31-23(2,3)32-25)11-19-17-10-20(26)18-9-14(28)5-6-15(18)16(17)7-8-24(19,25)4/h5-6,9-11,22,28H,7-8,12H2,1-4H3/t22-,24+,25-/m1/s1. The van der Waals surface area contributed by atoms with Gasteiger partial charge < -0.3 is 19.3 Å². The molecule has 1 fully saturated rings. The number of phenols is 1. The van der Waals surface area contributed by atoms with E-state index in [9.17, 15) is 14.7 Å². The number of hydrogen-bond donors (Lipinski definition) is 1. The highest BCUT2D eigenvalue weighted by molar-refractivity contribution is 6.00. The fourth-order valence-electron chi connectivity index (χ4n) is 5.79. The van der Waals surface area contributed by atoms with Crippen LogP contribution in [0.3, 0.4) is 0 Å². The molecule has 32 heavy (non-hydrogen) atoms. The molecule has 5 rings (SSSR count). The van der Waals surface area contributed by atoms with Crippen LogP contribution in [0.15, 0.2) is 30.3 Å². The summed E-state index contributed by atoms with van der Waals surface area (Å²) in [5.41, 5.74) is 0.302. The first kappa shape index (κ1) is 21.1. The van der Waals surface area contributed by atoms with Crippen LogP contribution in [-0.4, -0.2) is 41.0 Å². The Kier molecular flexibility index (Phi) is 4.36. The molecule has 3 aliphatic rings. The van der Waals surface area contributed by atoms with Gasteiger partial charge in [0.25, 0.3) is 0 Å². The maximum Gasteiger partial charge on any atom is 0.303 e. The minimum absolute atomic E-state index is 0.00524. The number of rotatable bonds is 3. The largest absolute Gasteiger partial charge is 0.508 e. The van der Waals surface area contributed by atoms with Gasteiger partial charge in [0.15, 0.2) is 18.0 Å². The van der Waals surface area contributed by atoms with Crippen molar-refractivity contribution in [3.05, 3.63) is 47.3 Å². The summed E-state index contributed by atoms with van der Waals surface area (Å²) in [7, 11) is 0. The summed E-state index contributed by atoms with van der Waals surface area (Å²) in [5, 5.41) is 10.9. The quantitative estimate of drug-likeness (QED) is 0.725. The number of Topliss-reactive ketones (excluding diaryl/α,β-unsaturated/α-hetero) is 1. The number of hydrogen-bond acceptors (Lipinski definition) is 6. The van der Waals surface area contributed by atoms with E-state index in [2.05, 4.69) is 0 Å². The van der Waals surface area contributed by atoms with Gasteiger partial charge >= 0.3 is 5.97 Å². The lowest BCUT2D eigenvalue weighted by molar-refractivity contribution is -0.191. The molecule has 2 aliphatic carbocycles. The third kappa shape index (κ3) is 2.70. The van der Waals surface area contributed by atoms with Crippen molar-refractivity contribution in [3.8, 4) is 5.75 Å². The van der Waals surface area contributed by atoms with E-state index in [1.54, 1.807) is 26.0 Å². The number of ether oxygens (including phenoxy) is 3. The number of esters is 1. The second kappa shape index (κ2) is 6.62. The molecule has 3 atom stereocenters. The van der Waals surface area contributed by atoms with Gasteiger partial charge in [0.2, 0.25) is 5.78 Å². The average molecular weight is 440 g/mol. The summed E-state index contributed by atoms with van der Waals surface area (Å²) >= 11 is 0. The number of aryl methyl sites for hydroxylation is 1. The summed E-state index contributed by atoms with van der Waals surface area (Å²) in [6, 6.07) is 6.17. The maximum absolute atomic E-state index is 15.1. The molecule has 0 spiro atoms. The van der Waals surface area contributed by atoms with Gasteiger partial charge in [-0.2, -0.15) is 0 Å². The van der Waals surface area contributed by atoms with Crippen molar-refractivity contribution in [3.63, 3.8) is 0 Å². The molecule has 7 heteroatoms. The van der Waals surface area contributed by atoms with E-state index >= 15 is 4.39 Å². The molecule has 0 saturated carbocycles. The van der Waals surface area contributed by atoms with E-state index in [1.807, 2.05) is 13.0 Å². The number of halogens is 1. The minimum atomic E-state index is -1.38. The van der Waals surface area contributed by atoms with Crippen molar-refractivity contribution in [1.82, 2.24) is 0 Å². The Morgan fingerprint density at radius 2 is 1.97 bits per heavy atom. The van der Waals surface area contributed by atoms with Crippen LogP contribution in [-0.2, 0) is 30.2 Å². The zero-order valence-electron chi connectivity index (χ0n) is 18.5. The first-order valence-electron chi connectivity index (χ1n) is 10.7. The molecule has 1 heterocycles. The van der Waals surface area contributed by atoms with Gasteiger partial charge in [-0.15, -0.1) is 0 Å². The summed E-state index contributed by atoms with van der Waals surface area (Å²) < 4.78 is 32.6. The van der Waals surface area contributed by atoms with Crippen LogP contribution in [0.5, 0.6) is 5.75 Å². The fourth-order valence-corrected chi connectivity index (χ4v) is 5.79. The zero-order chi connectivity index (χ0) is 23.1. The van der Waals surface area contributed by atoms with Crippen LogP contribution < -0.4 is 0 Å². The number of benzene rings is 2. The van der Waals surface area contributed by atoms with Gasteiger partial charge in [0.05, 0.1) is 0 Å². The Labute approximate surface area is 185 Å². The third-order valence-electron chi connectivity index (χ3n) is 7.12. The van der Waals surface area contributed by atoms with E-state index in [1.165, 1.54) is 19.1 Å². The molecule has 1 aliphatic heterocycles. The van der Waals surface area contributed by atoms with Gasteiger partial charge in [0.1, 0.15) is 17.7 Å². The van der Waals surface area contributed by atoms with E-state index in [-0.39, 0.29) is 11.5 Å². The van der Waals surface area contributed by atoms with E-state index in [0.717, 1.165) is 16.5 Å². The Bertz CT molecular complexity index is 1210. The number of ketones is 1. The maximum atomic E-state index is 15.1. The Balaban J connectivity index is 1.68. The molecular weight excluding hydrogens is 415 g/mol. The van der Waals surface area contributed by atoms with Crippen LogP contribution >= 0.6 is 0 Å². The van der Waals surface area contributed by atoms with Crippen molar-refractivity contribution in [2.24, 2.45) is 5.41 Å². The van der Waals surface area contributed by atoms with Crippen molar-refractivity contribution in [2.45, 2.75) is 58.0 Å². The van der Waals surface area contributed by atoms with Crippen molar-refractivity contribution >= 4 is 28.1 Å². The normalized spacial score (nSPS) is 29.8. The molecule has 6 nitrogen and oxygen atoms in total. The molecule has 0 aromatic heterocycles. The van der Waals surface area contributed by atoms with E-state index in [0.29, 0.717) is 23.8 Å². The molecule has 2 aromatic carbocycles. The topological polar surface area (TPSA) is 82.1 Å². The molecular formula is C25H25FO6. The average Bonchev–Trinajstić information content (AvgIpc) is 3.12. The predicted octanol–water partition coefficient (Wildman–Crippen LogP) is 4.06. The van der Waals surface area contributed by atoms with Gasteiger partial charge in [-0.3, -0.25) is 9.59 Å². The zero-order valence-corrected chi connectivity index (χ0v) is 18.5. The number of aromatic hydroxyl groups is 1. The first-order chi connectivity index (χ1) is 15.0. The lowest BCUT2D eigenvalue weighted by Crippen LogP contribution is -2.58. The lowest BCUT2D eigenvalue weighted by atomic mass is 9.61. The van der Waals surface area contributed by atoms with Crippen molar-refractivity contribution in [2.75, 3.05) is 6.61 Å². The van der Waals surface area contributed by atoms with Crippen LogP contribution in [0, 0.1) is 11.2 Å². The Hall–Kier alpha value is -2.77. The van der Waals surface area contributed by atoms with Gasteiger partial charge in [-0.05, 0) is 73.1 Å². The van der Waals surface area contributed by atoms with Gasteiger partial charge in [0, 0.05) is 17.7 Å². The SMILES string of the molecule is CC(=O)OCC(=O)[C@@]12OC(C)(C)O[C@@H]1C=C1c3cc(F)c4cc(O)ccc4c3CC[C@@]12C. The van der Waals surface area contributed by atoms with Crippen LogP contribution in [0.25, 0.3) is 16.3 Å². The second-order valence-electron chi connectivity index (χ2n) is 9.51. The van der Waals surface area contributed by atoms with Gasteiger partial charge in [-0.25, -0.2) is 4.39 Å². The third-order valence-corrected chi connectivity index (χ3v) is 7.12. The molecule has 0 bridgehead atoms. The van der Waals surface area contributed by atoms with E-state index < -0.39 is 41.3 Å². The Morgan fingerprint density at radius 3 is 2.69 bits per heavy atom. The molecule has 0 unspecified atom stereocenters. The summed E-state index contributed by atoms with van der Waals surface area (Å²) in [4.78, 5) is 24.9. The number of carbonyl (C=O) groups is 2. The molecule has 1 saturated heterocycles. The van der Waals surface area contributed by atoms with Crippen LogP contribution in [0.2, 0.25) is 0 Å². The number of fused-ring (bicyclic) bond motifs is 7. The lowest BCUT2D eigenvalue weighted by Gasteiger charge is -2.46. The predicted molar refractivity (Wildman–Crippen MR) is 114 cm³/mol. The molecule has 1 N–H and O–H groups in total. The molecule has 168 valence electrons. The summed E-state index contributed by atoms with van der Waals surface area (Å²) in [5.74, 6) is -2.36.